The highest BCUT2D eigenvalue weighted by atomic mass is 32.2. The zero-order chi connectivity index (χ0) is 21.6. The first-order valence-electron chi connectivity index (χ1n) is 9.45. The molecule has 1 aliphatic heterocycles. The normalized spacial score (nSPS) is 17.1. The molecule has 1 heterocycles. The molecule has 3 rings (SSSR count). The second-order valence-electron chi connectivity index (χ2n) is 6.81. The van der Waals surface area contributed by atoms with Gasteiger partial charge in [-0.05, 0) is 61.4 Å². The van der Waals surface area contributed by atoms with Crippen LogP contribution in [0.5, 0.6) is 5.75 Å². The minimum atomic E-state index is -3.80. The molecule has 7 nitrogen and oxygen atoms in total. The van der Waals surface area contributed by atoms with Gasteiger partial charge < -0.3 is 9.47 Å². The summed E-state index contributed by atoms with van der Waals surface area (Å²) in [5.41, 5.74) is 0.520. The topological polar surface area (TPSA) is 96.7 Å². The van der Waals surface area contributed by atoms with E-state index in [2.05, 4.69) is 0 Å². The molecule has 0 saturated carbocycles. The lowest BCUT2D eigenvalue weighted by molar-refractivity contribution is -0.150. The van der Waals surface area contributed by atoms with Gasteiger partial charge in [0.2, 0.25) is 10.0 Å². The van der Waals surface area contributed by atoms with Crippen molar-refractivity contribution in [3.05, 3.63) is 59.9 Å². The predicted octanol–water partition coefficient (Wildman–Crippen LogP) is 2.72. The largest absolute Gasteiger partial charge is 0.490 e. The van der Waals surface area contributed by atoms with Gasteiger partial charge in [0.1, 0.15) is 24.8 Å². The number of sulfonamides is 1. The standard InChI is InChI=1S/C21H21FN2O5S/c22-18-5-9-20(10-6-18)30(26,27)24-11-1-2-17(15-24)21(25)29-13-12-28-19-7-3-16(14-23)4-8-19/h3-10,17H,1-2,11-13,15H2/t17-/m1/s1. The Labute approximate surface area is 174 Å². The van der Waals surface area contributed by atoms with Gasteiger partial charge in [0.05, 0.1) is 22.4 Å². The van der Waals surface area contributed by atoms with Crippen molar-refractivity contribution >= 4 is 16.0 Å². The molecular formula is C21H21FN2O5S. The smallest absolute Gasteiger partial charge is 0.310 e. The molecule has 2 aromatic carbocycles. The van der Waals surface area contributed by atoms with Gasteiger partial charge in [-0.1, -0.05) is 0 Å². The fourth-order valence-electron chi connectivity index (χ4n) is 3.15. The molecule has 1 saturated heterocycles. The number of halogens is 1. The SMILES string of the molecule is N#Cc1ccc(OCCOC(=O)[C@@H]2CCCN(S(=O)(=O)c3ccc(F)cc3)C2)cc1. The lowest BCUT2D eigenvalue weighted by Crippen LogP contribution is -2.42. The maximum Gasteiger partial charge on any atom is 0.310 e. The van der Waals surface area contributed by atoms with E-state index in [0.29, 0.717) is 30.7 Å². The Balaban J connectivity index is 1.50. The van der Waals surface area contributed by atoms with Gasteiger partial charge in [-0.3, -0.25) is 4.79 Å². The maximum absolute atomic E-state index is 13.1. The highest BCUT2D eigenvalue weighted by Gasteiger charge is 2.34. The van der Waals surface area contributed by atoms with Crippen LogP contribution in [0.3, 0.4) is 0 Å². The van der Waals surface area contributed by atoms with Crippen molar-refractivity contribution in [2.45, 2.75) is 17.7 Å². The molecule has 0 amide bonds. The number of carbonyl (C=O) groups is 1. The highest BCUT2D eigenvalue weighted by Crippen LogP contribution is 2.24. The van der Waals surface area contributed by atoms with E-state index in [1.807, 2.05) is 6.07 Å². The van der Waals surface area contributed by atoms with Gasteiger partial charge in [-0.15, -0.1) is 0 Å². The van der Waals surface area contributed by atoms with Crippen LogP contribution in [0, 0.1) is 23.1 Å². The number of nitrogens with zero attached hydrogens (tertiary/aromatic N) is 2. The number of ether oxygens (including phenoxy) is 2. The molecule has 0 N–H and O–H groups in total. The molecule has 2 aromatic rings. The summed E-state index contributed by atoms with van der Waals surface area (Å²) in [5.74, 6) is -1.00. The summed E-state index contributed by atoms with van der Waals surface area (Å²) >= 11 is 0. The van der Waals surface area contributed by atoms with Crippen LogP contribution in [-0.4, -0.2) is 45.0 Å². The zero-order valence-corrected chi connectivity index (χ0v) is 17.0. The minimum Gasteiger partial charge on any atom is -0.490 e. The Morgan fingerprint density at radius 2 is 1.83 bits per heavy atom. The summed E-state index contributed by atoms with van der Waals surface area (Å²) in [5, 5.41) is 8.77. The first-order chi connectivity index (χ1) is 14.4. The summed E-state index contributed by atoms with van der Waals surface area (Å²) in [6, 6.07) is 13.2. The van der Waals surface area contributed by atoms with Crippen LogP contribution in [0.4, 0.5) is 4.39 Å². The second-order valence-corrected chi connectivity index (χ2v) is 8.75. The van der Waals surface area contributed by atoms with Crippen molar-refractivity contribution in [2.75, 3.05) is 26.3 Å². The average molecular weight is 432 g/mol. The third-order valence-electron chi connectivity index (χ3n) is 4.75. The Morgan fingerprint density at radius 1 is 1.13 bits per heavy atom. The summed E-state index contributed by atoms with van der Waals surface area (Å²) in [7, 11) is -3.80. The van der Waals surface area contributed by atoms with Crippen LogP contribution in [0.25, 0.3) is 0 Å². The van der Waals surface area contributed by atoms with E-state index in [-0.39, 0.29) is 24.7 Å². The van der Waals surface area contributed by atoms with Gasteiger partial charge in [0.25, 0.3) is 0 Å². The van der Waals surface area contributed by atoms with Crippen LogP contribution < -0.4 is 4.74 Å². The molecule has 0 spiro atoms. The molecule has 0 radical (unpaired) electrons. The summed E-state index contributed by atoms with van der Waals surface area (Å²) in [4.78, 5) is 12.4. The number of hydrogen-bond acceptors (Lipinski definition) is 6. The van der Waals surface area contributed by atoms with E-state index < -0.39 is 27.7 Å². The first kappa shape index (κ1) is 21.7. The molecule has 1 fully saturated rings. The molecule has 1 atom stereocenters. The van der Waals surface area contributed by atoms with Gasteiger partial charge >= 0.3 is 5.97 Å². The first-order valence-corrected chi connectivity index (χ1v) is 10.9. The van der Waals surface area contributed by atoms with Crippen molar-refractivity contribution in [3.8, 4) is 11.8 Å². The fourth-order valence-corrected chi connectivity index (χ4v) is 4.68. The Hall–Kier alpha value is -2.96. The van der Waals surface area contributed by atoms with E-state index in [1.165, 1.54) is 16.4 Å². The fraction of sp³-hybridized carbons (Fsp3) is 0.333. The summed E-state index contributed by atoms with van der Waals surface area (Å²) in [6.45, 7) is 0.488. The monoisotopic (exact) mass is 432 g/mol. The van der Waals surface area contributed by atoms with Gasteiger partial charge in [0, 0.05) is 13.1 Å². The van der Waals surface area contributed by atoms with E-state index >= 15 is 0 Å². The van der Waals surface area contributed by atoms with Gasteiger partial charge in [0.15, 0.2) is 0 Å². The second kappa shape index (κ2) is 9.69. The number of piperidine rings is 1. The molecule has 9 heteroatoms. The Bertz CT molecular complexity index is 1020. The van der Waals surface area contributed by atoms with Crippen LogP contribution in [0.2, 0.25) is 0 Å². The lowest BCUT2D eigenvalue weighted by atomic mass is 10.0. The van der Waals surface area contributed by atoms with Crippen LogP contribution in [-0.2, 0) is 19.6 Å². The molecule has 0 aliphatic carbocycles. The van der Waals surface area contributed by atoms with E-state index in [1.54, 1.807) is 24.3 Å². The van der Waals surface area contributed by atoms with Crippen molar-refractivity contribution < 1.29 is 27.1 Å². The van der Waals surface area contributed by atoms with Gasteiger partial charge in [-0.25, -0.2) is 12.8 Å². The quantitative estimate of drug-likeness (QED) is 0.493. The molecule has 0 bridgehead atoms. The molecule has 0 aromatic heterocycles. The zero-order valence-electron chi connectivity index (χ0n) is 16.2. The lowest BCUT2D eigenvalue weighted by Gasteiger charge is -2.30. The van der Waals surface area contributed by atoms with Crippen LogP contribution in [0.1, 0.15) is 18.4 Å². The third-order valence-corrected chi connectivity index (χ3v) is 6.63. The van der Waals surface area contributed by atoms with Crippen molar-refractivity contribution in [1.82, 2.24) is 4.31 Å². The van der Waals surface area contributed by atoms with Crippen molar-refractivity contribution in [1.29, 1.82) is 5.26 Å². The van der Waals surface area contributed by atoms with E-state index in [4.69, 9.17) is 14.7 Å². The average Bonchev–Trinajstić information content (AvgIpc) is 2.77. The summed E-state index contributed by atoms with van der Waals surface area (Å²) < 4.78 is 50.5. The number of rotatable bonds is 7. The predicted molar refractivity (Wildman–Crippen MR) is 105 cm³/mol. The molecule has 1 aliphatic rings. The van der Waals surface area contributed by atoms with Crippen molar-refractivity contribution in [2.24, 2.45) is 5.92 Å². The maximum atomic E-state index is 13.1. The third kappa shape index (κ3) is 5.34. The highest BCUT2D eigenvalue weighted by molar-refractivity contribution is 7.89. The number of hydrogen-bond donors (Lipinski definition) is 0. The number of benzene rings is 2. The van der Waals surface area contributed by atoms with Gasteiger partial charge in [-0.2, -0.15) is 9.57 Å². The Kier molecular flexibility index (Phi) is 7.03. The molecular weight excluding hydrogens is 411 g/mol. The summed E-state index contributed by atoms with van der Waals surface area (Å²) in [6.07, 6.45) is 1.06. The minimum absolute atomic E-state index is 0.00580. The number of carbonyl (C=O) groups excluding carboxylic acids is 1. The molecule has 0 unspecified atom stereocenters. The molecule has 158 valence electrons. The van der Waals surface area contributed by atoms with Crippen molar-refractivity contribution in [3.63, 3.8) is 0 Å². The van der Waals surface area contributed by atoms with Crippen LogP contribution >= 0.6 is 0 Å². The van der Waals surface area contributed by atoms with E-state index in [0.717, 1.165) is 12.1 Å². The molecule has 30 heavy (non-hydrogen) atoms. The number of nitriles is 1. The Morgan fingerprint density at radius 3 is 2.50 bits per heavy atom. The van der Waals surface area contributed by atoms with E-state index in [9.17, 15) is 17.6 Å². The van der Waals surface area contributed by atoms with Crippen LogP contribution in [0.15, 0.2) is 53.4 Å². The number of esters is 1.